The van der Waals surface area contributed by atoms with E-state index >= 15 is 0 Å². The van der Waals surface area contributed by atoms with E-state index in [0.717, 1.165) is 12.1 Å². The lowest BCUT2D eigenvalue weighted by atomic mass is 10.1. The molecule has 33 heavy (non-hydrogen) atoms. The van der Waals surface area contributed by atoms with Gasteiger partial charge >= 0.3 is 6.18 Å². The third kappa shape index (κ3) is 5.08. The Morgan fingerprint density at radius 2 is 1.67 bits per heavy atom. The van der Waals surface area contributed by atoms with Gasteiger partial charge in [-0.3, -0.25) is 0 Å². The van der Waals surface area contributed by atoms with Gasteiger partial charge in [-0.1, -0.05) is 35.3 Å². The lowest BCUT2D eigenvalue weighted by molar-refractivity contribution is -0.137. The maximum Gasteiger partial charge on any atom is 0.416 e. The molecule has 12 heteroatoms. The van der Waals surface area contributed by atoms with Gasteiger partial charge in [0.25, 0.3) is 0 Å². The van der Waals surface area contributed by atoms with E-state index in [2.05, 4.69) is 9.97 Å². The molecular weight excluding hydrogens is 500 g/mol. The zero-order valence-electron chi connectivity index (χ0n) is 16.9. The van der Waals surface area contributed by atoms with E-state index in [0.29, 0.717) is 35.3 Å². The summed E-state index contributed by atoms with van der Waals surface area (Å²) in [5.74, 6) is 0.312. The molecule has 6 nitrogen and oxygen atoms in total. The number of hydrogen-bond donors (Lipinski definition) is 0. The predicted molar refractivity (Wildman–Crippen MR) is 120 cm³/mol. The van der Waals surface area contributed by atoms with Crippen LogP contribution in [0.25, 0.3) is 11.3 Å². The summed E-state index contributed by atoms with van der Waals surface area (Å²) in [5.41, 5.74) is -0.110. The summed E-state index contributed by atoms with van der Waals surface area (Å²) in [6.45, 7) is 0.934. The van der Waals surface area contributed by atoms with Crippen molar-refractivity contribution in [3.63, 3.8) is 0 Å². The van der Waals surface area contributed by atoms with Gasteiger partial charge in [-0.05, 0) is 36.4 Å². The highest BCUT2D eigenvalue weighted by molar-refractivity contribution is 7.89. The van der Waals surface area contributed by atoms with Gasteiger partial charge in [0.15, 0.2) is 0 Å². The van der Waals surface area contributed by atoms with Crippen molar-refractivity contribution in [3.8, 4) is 11.3 Å². The standard InChI is InChI=1S/C21H17Cl2F3N4O2S/c22-16-4-5-19(17(23)13-16)33(31,32)30-10-8-29(9-11-30)20-27-7-6-18(28-20)14-2-1-3-15(12-14)21(24,25)26/h1-7,12-13H,8-11H2. The Morgan fingerprint density at radius 3 is 2.33 bits per heavy atom. The zero-order valence-corrected chi connectivity index (χ0v) is 19.3. The van der Waals surface area contributed by atoms with Crippen LogP contribution in [0.5, 0.6) is 0 Å². The fourth-order valence-corrected chi connectivity index (χ4v) is 5.64. The number of piperazine rings is 1. The number of rotatable bonds is 4. The van der Waals surface area contributed by atoms with E-state index in [-0.39, 0.29) is 23.0 Å². The Labute approximate surface area is 198 Å². The molecule has 0 N–H and O–H groups in total. The summed E-state index contributed by atoms with van der Waals surface area (Å²) in [7, 11) is -3.82. The first-order chi connectivity index (χ1) is 15.6. The maximum absolute atomic E-state index is 13.0. The largest absolute Gasteiger partial charge is 0.416 e. The van der Waals surface area contributed by atoms with Gasteiger partial charge in [0.2, 0.25) is 16.0 Å². The second kappa shape index (κ2) is 9.09. The fourth-order valence-electron chi connectivity index (χ4n) is 3.47. The van der Waals surface area contributed by atoms with Crippen LogP contribution in [0.4, 0.5) is 19.1 Å². The second-order valence-corrected chi connectivity index (χ2v) is 10.0. The smallest absolute Gasteiger partial charge is 0.338 e. The molecule has 1 aliphatic heterocycles. The van der Waals surface area contributed by atoms with Gasteiger partial charge in [-0.15, -0.1) is 0 Å². The third-order valence-corrected chi connectivity index (χ3v) is 7.78. The van der Waals surface area contributed by atoms with Gasteiger partial charge in [-0.2, -0.15) is 17.5 Å². The molecule has 0 spiro atoms. The Kier molecular flexibility index (Phi) is 6.54. The summed E-state index contributed by atoms with van der Waals surface area (Å²) < 4.78 is 66.4. The molecule has 0 aliphatic carbocycles. The predicted octanol–water partition coefficient (Wildman–Crippen LogP) is 4.98. The van der Waals surface area contributed by atoms with E-state index in [1.54, 1.807) is 11.0 Å². The van der Waals surface area contributed by atoms with Gasteiger partial charge in [0.05, 0.1) is 16.3 Å². The number of alkyl halides is 3. The lowest BCUT2D eigenvalue weighted by Gasteiger charge is -2.34. The summed E-state index contributed by atoms with van der Waals surface area (Å²) in [6, 6.07) is 10.6. The highest BCUT2D eigenvalue weighted by atomic mass is 35.5. The van der Waals surface area contributed by atoms with E-state index < -0.39 is 21.8 Å². The molecule has 3 aromatic rings. The zero-order chi connectivity index (χ0) is 23.8. The van der Waals surface area contributed by atoms with E-state index in [1.807, 2.05) is 0 Å². The minimum absolute atomic E-state index is 0.0233. The minimum Gasteiger partial charge on any atom is -0.338 e. The molecule has 1 saturated heterocycles. The highest BCUT2D eigenvalue weighted by Crippen LogP contribution is 2.32. The van der Waals surface area contributed by atoms with Crippen LogP contribution < -0.4 is 4.90 Å². The number of halogens is 5. The molecule has 0 amide bonds. The van der Waals surface area contributed by atoms with Crippen LogP contribution in [0.2, 0.25) is 10.0 Å². The van der Waals surface area contributed by atoms with Crippen molar-refractivity contribution in [2.75, 3.05) is 31.1 Å². The molecule has 1 fully saturated rings. The van der Waals surface area contributed by atoms with Crippen LogP contribution >= 0.6 is 23.2 Å². The van der Waals surface area contributed by atoms with Crippen LogP contribution in [0.3, 0.4) is 0 Å². The SMILES string of the molecule is O=S(=O)(c1ccc(Cl)cc1Cl)N1CCN(c2nccc(-c3cccc(C(F)(F)F)c3)n2)CC1. The Balaban J connectivity index is 1.51. The van der Waals surface area contributed by atoms with Gasteiger partial charge < -0.3 is 4.90 Å². The average Bonchev–Trinajstić information content (AvgIpc) is 2.78. The van der Waals surface area contributed by atoms with E-state index in [4.69, 9.17) is 23.2 Å². The summed E-state index contributed by atoms with van der Waals surface area (Å²) >= 11 is 11.9. The number of sulfonamides is 1. The number of aromatic nitrogens is 2. The van der Waals surface area contributed by atoms with Crippen LogP contribution in [-0.2, 0) is 16.2 Å². The van der Waals surface area contributed by atoms with Gasteiger partial charge in [0, 0.05) is 43.0 Å². The van der Waals surface area contributed by atoms with Crippen LogP contribution in [0, 0.1) is 0 Å². The van der Waals surface area contributed by atoms with Crippen LogP contribution in [0.15, 0.2) is 59.6 Å². The Morgan fingerprint density at radius 1 is 0.939 bits per heavy atom. The average molecular weight is 517 g/mol. The van der Waals surface area contributed by atoms with Crippen molar-refractivity contribution in [2.24, 2.45) is 0 Å². The Bertz CT molecular complexity index is 1280. The fraction of sp³-hybridized carbons (Fsp3) is 0.238. The van der Waals surface area contributed by atoms with Gasteiger partial charge in [0.1, 0.15) is 4.90 Å². The highest BCUT2D eigenvalue weighted by Gasteiger charge is 2.32. The molecule has 1 aromatic heterocycles. The second-order valence-electron chi connectivity index (χ2n) is 7.29. The molecule has 4 rings (SSSR count). The molecule has 0 saturated carbocycles. The topological polar surface area (TPSA) is 66.4 Å². The number of hydrogen-bond acceptors (Lipinski definition) is 5. The molecule has 0 bridgehead atoms. The molecule has 174 valence electrons. The minimum atomic E-state index is -4.46. The van der Waals surface area contributed by atoms with Crippen molar-refractivity contribution in [1.82, 2.24) is 14.3 Å². The number of nitrogens with zero attached hydrogens (tertiary/aromatic N) is 4. The molecule has 0 atom stereocenters. The quantitative estimate of drug-likeness (QED) is 0.489. The van der Waals surface area contributed by atoms with E-state index in [9.17, 15) is 21.6 Å². The molecule has 2 aromatic carbocycles. The van der Waals surface area contributed by atoms with Crippen molar-refractivity contribution in [3.05, 3.63) is 70.3 Å². The first-order valence-electron chi connectivity index (χ1n) is 9.76. The number of benzene rings is 2. The maximum atomic E-state index is 13.0. The van der Waals surface area contributed by atoms with Crippen molar-refractivity contribution in [1.29, 1.82) is 0 Å². The summed E-state index contributed by atoms with van der Waals surface area (Å²) in [6.07, 6.45) is -2.99. The third-order valence-electron chi connectivity index (χ3n) is 5.16. The first-order valence-corrected chi connectivity index (χ1v) is 12.0. The van der Waals surface area contributed by atoms with E-state index in [1.165, 1.54) is 40.8 Å². The Hall–Kier alpha value is -2.40. The van der Waals surface area contributed by atoms with Crippen molar-refractivity contribution >= 4 is 39.2 Å². The lowest BCUT2D eigenvalue weighted by Crippen LogP contribution is -2.49. The molecule has 0 unspecified atom stereocenters. The molecule has 2 heterocycles. The normalized spacial score (nSPS) is 15.6. The number of anilines is 1. The molecular formula is C21H17Cl2F3N4O2S. The first kappa shape index (κ1) is 23.7. The van der Waals surface area contributed by atoms with Crippen molar-refractivity contribution < 1.29 is 21.6 Å². The van der Waals surface area contributed by atoms with Gasteiger partial charge in [-0.25, -0.2) is 18.4 Å². The molecule has 0 radical (unpaired) electrons. The van der Waals surface area contributed by atoms with Crippen LogP contribution in [-0.4, -0.2) is 48.9 Å². The summed E-state index contributed by atoms with van der Waals surface area (Å²) in [4.78, 5) is 10.4. The monoisotopic (exact) mass is 516 g/mol. The molecule has 1 aliphatic rings. The van der Waals surface area contributed by atoms with Crippen molar-refractivity contribution in [2.45, 2.75) is 11.1 Å². The summed E-state index contributed by atoms with van der Waals surface area (Å²) in [5, 5.41) is 0.378. The van der Waals surface area contributed by atoms with Crippen LogP contribution in [0.1, 0.15) is 5.56 Å².